The fourth-order valence-electron chi connectivity index (χ4n) is 4.24. The number of nitriles is 1. The minimum Gasteiger partial charge on any atom is -0.497 e. The van der Waals surface area contributed by atoms with Crippen LogP contribution in [0.2, 0.25) is 0 Å². The fourth-order valence-corrected chi connectivity index (χ4v) is 4.24. The van der Waals surface area contributed by atoms with Crippen molar-refractivity contribution in [3.8, 4) is 34.4 Å². The molecule has 0 saturated heterocycles. The summed E-state index contributed by atoms with van der Waals surface area (Å²) in [7, 11) is 3.53. The highest BCUT2D eigenvalue weighted by molar-refractivity contribution is 5.85. The Hall–Kier alpha value is -4.45. The maximum absolute atomic E-state index is 9.78. The Morgan fingerprint density at radius 1 is 1.05 bits per heavy atom. The second-order valence-corrected chi connectivity index (χ2v) is 8.60. The lowest BCUT2D eigenvalue weighted by molar-refractivity contribution is 0.0567. The number of rotatable bonds is 8. The lowest BCUT2D eigenvalue weighted by Gasteiger charge is -2.20. The highest BCUT2D eigenvalue weighted by Crippen LogP contribution is 2.33. The topological polar surface area (TPSA) is 99.0 Å². The fraction of sp³-hybridized carbons (Fsp3) is 0.172. The number of hydrogen-bond acceptors (Lipinski definition) is 7. The summed E-state index contributed by atoms with van der Waals surface area (Å²) < 4.78 is 19.0. The smallest absolute Gasteiger partial charge is 0.258 e. The largest absolute Gasteiger partial charge is 0.497 e. The molecule has 5 rings (SSSR count). The molecule has 2 heterocycles. The average Bonchev–Trinajstić information content (AvgIpc) is 3.58. The third-order valence-electron chi connectivity index (χ3n) is 6.19. The van der Waals surface area contributed by atoms with Crippen molar-refractivity contribution in [2.24, 2.45) is 7.05 Å². The highest BCUT2D eigenvalue weighted by atomic mass is 35.5. The summed E-state index contributed by atoms with van der Waals surface area (Å²) in [5, 5.41) is 13.9. The first-order chi connectivity index (χ1) is 18.1. The number of ether oxygens (including phenoxy) is 2. The quantitative estimate of drug-likeness (QED) is 0.242. The molecule has 1 atom stereocenters. The molecule has 8 nitrogen and oxygen atoms in total. The molecule has 0 aliphatic carbocycles. The molecule has 192 valence electrons. The number of nitrogens with zero attached hydrogens (tertiary/aromatic N) is 5. The number of halogens is 1. The summed E-state index contributed by atoms with van der Waals surface area (Å²) >= 11 is 0. The van der Waals surface area contributed by atoms with Crippen LogP contribution in [0.1, 0.15) is 34.3 Å². The van der Waals surface area contributed by atoms with Gasteiger partial charge in [0.25, 0.3) is 5.89 Å². The van der Waals surface area contributed by atoms with Gasteiger partial charge in [-0.15, -0.1) is 12.4 Å². The summed E-state index contributed by atoms with van der Waals surface area (Å²) in [6.07, 6.45) is 3.03. The van der Waals surface area contributed by atoms with E-state index in [1.165, 1.54) is 0 Å². The van der Waals surface area contributed by atoms with Crippen molar-refractivity contribution >= 4 is 12.4 Å². The number of aromatic nitrogens is 4. The highest BCUT2D eigenvalue weighted by Gasteiger charge is 2.22. The maximum Gasteiger partial charge on any atom is 0.258 e. The van der Waals surface area contributed by atoms with Gasteiger partial charge in [-0.1, -0.05) is 41.6 Å². The van der Waals surface area contributed by atoms with E-state index in [0.29, 0.717) is 23.0 Å². The molecular weight excluding hydrogens is 502 g/mol. The van der Waals surface area contributed by atoms with E-state index in [9.17, 15) is 5.26 Å². The molecule has 0 fully saturated rings. The SMILES string of the molecule is COc1cccc(-c2nc(COC(c3ccc(C#N)c(-c4ccccc4C)c3)c3cncn3C)no2)c1.Cl. The van der Waals surface area contributed by atoms with Crippen LogP contribution in [-0.4, -0.2) is 26.8 Å². The van der Waals surface area contributed by atoms with Gasteiger partial charge < -0.3 is 18.6 Å². The first-order valence-electron chi connectivity index (χ1n) is 11.7. The van der Waals surface area contributed by atoms with Crippen LogP contribution in [0.4, 0.5) is 0 Å². The van der Waals surface area contributed by atoms with E-state index in [2.05, 4.69) is 21.2 Å². The molecule has 38 heavy (non-hydrogen) atoms. The molecule has 0 aliphatic rings. The van der Waals surface area contributed by atoms with E-state index < -0.39 is 6.10 Å². The van der Waals surface area contributed by atoms with E-state index in [1.807, 2.05) is 85.3 Å². The number of aryl methyl sites for hydroxylation is 2. The molecule has 0 N–H and O–H groups in total. The summed E-state index contributed by atoms with van der Waals surface area (Å²) in [5.41, 5.74) is 6.05. The molecule has 9 heteroatoms. The van der Waals surface area contributed by atoms with Gasteiger partial charge in [0, 0.05) is 18.2 Å². The molecule has 0 saturated carbocycles. The van der Waals surface area contributed by atoms with Crippen LogP contribution in [-0.2, 0) is 18.4 Å². The van der Waals surface area contributed by atoms with Crippen LogP contribution in [0.25, 0.3) is 22.6 Å². The van der Waals surface area contributed by atoms with Gasteiger partial charge in [0.2, 0.25) is 0 Å². The normalized spacial score (nSPS) is 11.4. The predicted octanol–water partition coefficient (Wildman–Crippen LogP) is 6.05. The Morgan fingerprint density at radius 3 is 2.63 bits per heavy atom. The number of benzene rings is 3. The Bertz CT molecular complexity index is 1590. The molecule has 0 amide bonds. The van der Waals surface area contributed by atoms with Gasteiger partial charge >= 0.3 is 0 Å². The van der Waals surface area contributed by atoms with E-state index in [-0.39, 0.29) is 19.0 Å². The van der Waals surface area contributed by atoms with E-state index in [0.717, 1.165) is 33.5 Å². The van der Waals surface area contributed by atoms with E-state index >= 15 is 0 Å². The van der Waals surface area contributed by atoms with Crippen molar-refractivity contribution in [3.05, 3.63) is 107 Å². The molecule has 0 bridgehead atoms. The van der Waals surface area contributed by atoms with Crippen molar-refractivity contribution in [3.63, 3.8) is 0 Å². The number of hydrogen-bond donors (Lipinski definition) is 0. The van der Waals surface area contributed by atoms with Crippen LogP contribution in [0, 0.1) is 18.3 Å². The van der Waals surface area contributed by atoms with Gasteiger partial charge in [-0.05, 0) is 53.9 Å². The Balaban J connectivity index is 0.00000336. The van der Waals surface area contributed by atoms with Gasteiger partial charge in [-0.3, -0.25) is 0 Å². The molecule has 0 radical (unpaired) electrons. The summed E-state index contributed by atoms with van der Waals surface area (Å²) in [6.45, 7) is 2.15. The van der Waals surface area contributed by atoms with Crippen molar-refractivity contribution in [2.75, 3.05) is 7.11 Å². The van der Waals surface area contributed by atoms with Crippen LogP contribution in [0.3, 0.4) is 0 Å². The van der Waals surface area contributed by atoms with Crippen LogP contribution in [0.15, 0.2) is 83.8 Å². The second-order valence-electron chi connectivity index (χ2n) is 8.60. The zero-order valence-electron chi connectivity index (χ0n) is 21.2. The van der Waals surface area contributed by atoms with Crippen LogP contribution in [0.5, 0.6) is 5.75 Å². The number of methoxy groups -OCH3 is 1. The average molecular weight is 528 g/mol. The van der Waals surface area contributed by atoms with Gasteiger partial charge in [-0.2, -0.15) is 10.2 Å². The van der Waals surface area contributed by atoms with E-state index in [1.54, 1.807) is 19.6 Å². The molecule has 1 unspecified atom stereocenters. The molecular formula is C29H26ClN5O3. The molecule has 3 aromatic carbocycles. The molecule has 2 aromatic heterocycles. The van der Waals surface area contributed by atoms with E-state index in [4.69, 9.17) is 14.0 Å². The summed E-state index contributed by atoms with van der Waals surface area (Å²) in [5.74, 6) is 1.50. The first kappa shape index (κ1) is 26.6. The first-order valence-corrected chi connectivity index (χ1v) is 11.7. The number of imidazole rings is 1. The maximum atomic E-state index is 9.78. The van der Waals surface area contributed by atoms with Gasteiger partial charge in [-0.25, -0.2) is 4.98 Å². The third-order valence-corrected chi connectivity index (χ3v) is 6.19. The van der Waals surface area contributed by atoms with Gasteiger partial charge in [0.15, 0.2) is 5.82 Å². The molecule has 0 spiro atoms. The van der Waals surface area contributed by atoms with Crippen molar-refractivity contribution in [1.82, 2.24) is 19.7 Å². The summed E-state index contributed by atoms with van der Waals surface area (Å²) in [4.78, 5) is 8.79. The minimum atomic E-state index is -0.471. The lowest BCUT2D eigenvalue weighted by Crippen LogP contribution is -2.11. The summed E-state index contributed by atoms with van der Waals surface area (Å²) in [6, 6.07) is 23.5. The predicted molar refractivity (Wildman–Crippen MR) is 145 cm³/mol. The van der Waals surface area contributed by atoms with Crippen molar-refractivity contribution in [1.29, 1.82) is 5.26 Å². The molecule has 5 aromatic rings. The standard InChI is InChI=1S/C29H25N5O3.ClH/c1-19-7-4-5-10-24(19)25-14-20(11-12-22(25)15-30)28(26-16-31-18-34(26)2)36-17-27-32-29(37-33-27)21-8-6-9-23(13-21)35-3;/h4-14,16,18,28H,17H2,1-3H3;1H. The molecule has 0 aliphatic heterocycles. The zero-order valence-corrected chi connectivity index (χ0v) is 22.0. The monoisotopic (exact) mass is 527 g/mol. The minimum absolute atomic E-state index is 0. The second kappa shape index (κ2) is 11.7. The Morgan fingerprint density at radius 2 is 1.89 bits per heavy atom. The zero-order chi connectivity index (χ0) is 25.8. The third kappa shape index (κ3) is 5.44. The van der Waals surface area contributed by atoms with Gasteiger partial charge in [0.05, 0.1) is 37.0 Å². The van der Waals surface area contributed by atoms with Crippen LogP contribution >= 0.6 is 12.4 Å². The Labute approximate surface area is 226 Å². The van der Waals surface area contributed by atoms with Crippen molar-refractivity contribution < 1.29 is 14.0 Å². The van der Waals surface area contributed by atoms with Crippen molar-refractivity contribution in [2.45, 2.75) is 19.6 Å². The van der Waals surface area contributed by atoms with Gasteiger partial charge in [0.1, 0.15) is 18.5 Å². The Kier molecular flexibility index (Phi) is 8.22. The van der Waals surface area contributed by atoms with Crippen LogP contribution < -0.4 is 4.74 Å². The lowest BCUT2D eigenvalue weighted by atomic mass is 9.93.